The number of halogens is 3. The standard InChI is InChI=1S/C17H18F3N3O/c1-22(15(17(18,19)20)12-7-3-2-4-8-12)16(24)14-11-13-9-5-6-10-23(13)21-14/h2-4,7-8,11,15H,5-6,9-10H2,1H3. The van der Waals surface area contributed by atoms with E-state index >= 15 is 0 Å². The number of amides is 1. The molecule has 1 aromatic carbocycles. The van der Waals surface area contributed by atoms with Crippen molar-refractivity contribution in [2.75, 3.05) is 7.05 Å². The van der Waals surface area contributed by atoms with Gasteiger partial charge in [-0.05, 0) is 30.9 Å². The zero-order valence-corrected chi connectivity index (χ0v) is 13.3. The summed E-state index contributed by atoms with van der Waals surface area (Å²) < 4.78 is 42.3. The number of hydrogen-bond acceptors (Lipinski definition) is 2. The van der Waals surface area contributed by atoms with Crippen molar-refractivity contribution in [1.82, 2.24) is 14.7 Å². The molecule has 24 heavy (non-hydrogen) atoms. The van der Waals surface area contributed by atoms with E-state index in [1.165, 1.54) is 31.3 Å². The summed E-state index contributed by atoms with van der Waals surface area (Å²) in [5.74, 6) is -0.719. The molecule has 0 saturated heterocycles. The van der Waals surface area contributed by atoms with E-state index in [0.717, 1.165) is 29.9 Å². The third kappa shape index (κ3) is 3.16. The minimum atomic E-state index is -4.56. The molecule has 0 bridgehead atoms. The molecule has 0 saturated carbocycles. The maximum Gasteiger partial charge on any atom is 0.413 e. The third-order valence-electron chi connectivity index (χ3n) is 4.27. The van der Waals surface area contributed by atoms with E-state index < -0.39 is 18.1 Å². The maximum absolute atomic E-state index is 13.5. The van der Waals surface area contributed by atoms with Crippen LogP contribution < -0.4 is 0 Å². The Morgan fingerprint density at radius 2 is 1.96 bits per heavy atom. The lowest BCUT2D eigenvalue weighted by Crippen LogP contribution is -2.40. The summed E-state index contributed by atoms with van der Waals surface area (Å²) in [5.41, 5.74) is 1.01. The zero-order valence-electron chi connectivity index (χ0n) is 13.3. The molecule has 0 N–H and O–H groups in total. The molecular formula is C17H18F3N3O. The van der Waals surface area contributed by atoms with Crippen LogP contribution in [0.4, 0.5) is 13.2 Å². The average molecular weight is 337 g/mol. The second-order valence-corrected chi connectivity index (χ2v) is 5.97. The molecular weight excluding hydrogens is 319 g/mol. The van der Waals surface area contributed by atoms with E-state index in [1.54, 1.807) is 16.8 Å². The Morgan fingerprint density at radius 3 is 2.58 bits per heavy atom. The van der Waals surface area contributed by atoms with Crippen molar-refractivity contribution in [3.8, 4) is 0 Å². The summed E-state index contributed by atoms with van der Waals surface area (Å²) in [5, 5.41) is 4.19. The van der Waals surface area contributed by atoms with E-state index in [-0.39, 0.29) is 11.3 Å². The Hall–Kier alpha value is -2.31. The first kappa shape index (κ1) is 16.5. The number of carbonyl (C=O) groups excluding carboxylic acids is 1. The SMILES string of the molecule is CN(C(=O)c1cc2n(n1)CCCC2)C(c1ccccc1)C(F)(F)F. The topological polar surface area (TPSA) is 38.1 Å². The predicted molar refractivity (Wildman–Crippen MR) is 82.5 cm³/mol. The highest BCUT2D eigenvalue weighted by atomic mass is 19.4. The highest BCUT2D eigenvalue weighted by Crippen LogP contribution is 2.37. The fraction of sp³-hybridized carbons (Fsp3) is 0.412. The number of aromatic nitrogens is 2. The van der Waals surface area contributed by atoms with Gasteiger partial charge in [-0.25, -0.2) is 0 Å². The lowest BCUT2D eigenvalue weighted by Gasteiger charge is -2.29. The van der Waals surface area contributed by atoms with E-state index in [2.05, 4.69) is 5.10 Å². The molecule has 1 aromatic heterocycles. The largest absolute Gasteiger partial charge is 0.413 e. The number of nitrogens with zero attached hydrogens (tertiary/aromatic N) is 3. The first-order chi connectivity index (χ1) is 11.4. The number of alkyl halides is 3. The molecule has 1 amide bonds. The zero-order chi connectivity index (χ0) is 17.3. The quantitative estimate of drug-likeness (QED) is 0.858. The van der Waals surface area contributed by atoms with Crippen molar-refractivity contribution >= 4 is 5.91 Å². The van der Waals surface area contributed by atoms with Crippen molar-refractivity contribution < 1.29 is 18.0 Å². The summed E-state index contributed by atoms with van der Waals surface area (Å²) in [4.78, 5) is 13.3. The maximum atomic E-state index is 13.5. The van der Waals surface area contributed by atoms with Gasteiger partial charge in [0.2, 0.25) is 0 Å². The molecule has 0 aliphatic carbocycles. The van der Waals surface area contributed by atoms with E-state index in [9.17, 15) is 18.0 Å². The van der Waals surface area contributed by atoms with Gasteiger partial charge in [-0.2, -0.15) is 18.3 Å². The molecule has 128 valence electrons. The predicted octanol–water partition coefficient (Wildman–Crippen LogP) is 3.60. The Labute approximate surface area is 137 Å². The first-order valence-corrected chi connectivity index (χ1v) is 7.83. The van der Waals surface area contributed by atoms with Crippen molar-refractivity contribution in [1.29, 1.82) is 0 Å². The molecule has 1 aliphatic rings. The van der Waals surface area contributed by atoms with Gasteiger partial charge in [0.1, 0.15) is 0 Å². The minimum Gasteiger partial charge on any atom is -0.324 e. The second-order valence-electron chi connectivity index (χ2n) is 5.97. The Balaban J connectivity index is 1.91. The molecule has 7 heteroatoms. The number of aryl methyl sites for hydroxylation is 2. The summed E-state index contributed by atoms with van der Waals surface area (Å²) in [6.45, 7) is 0.702. The molecule has 1 aliphatic heterocycles. The molecule has 3 rings (SSSR count). The van der Waals surface area contributed by atoms with Crippen LogP contribution in [0.25, 0.3) is 0 Å². The molecule has 1 unspecified atom stereocenters. The normalized spacial score (nSPS) is 15.7. The van der Waals surface area contributed by atoms with Crippen LogP contribution in [0.15, 0.2) is 36.4 Å². The van der Waals surface area contributed by atoms with Gasteiger partial charge in [-0.15, -0.1) is 0 Å². The van der Waals surface area contributed by atoms with Crippen LogP contribution in [-0.4, -0.2) is 33.8 Å². The van der Waals surface area contributed by atoms with Crippen LogP contribution >= 0.6 is 0 Å². The lowest BCUT2D eigenvalue weighted by molar-refractivity contribution is -0.176. The van der Waals surface area contributed by atoms with Gasteiger partial charge in [-0.3, -0.25) is 9.48 Å². The van der Waals surface area contributed by atoms with Gasteiger partial charge in [0.25, 0.3) is 5.91 Å². The average Bonchev–Trinajstić information content (AvgIpc) is 2.98. The fourth-order valence-electron chi connectivity index (χ4n) is 3.09. The van der Waals surface area contributed by atoms with Crippen molar-refractivity contribution in [3.05, 3.63) is 53.3 Å². The molecule has 0 fully saturated rings. The van der Waals surface area contributed by atoms with Crippen LogP contribution in [0.5, 0.6) is 0 Å². The fourth-order valence-corrected chi connectivity index (χ4v) is 3.09. The van der Waals surface area contributed by atoms with Gasteiger partial charge in [0, 0.05) is 19.3 Å². The molecule has 0 radical (unpaired) electrons. The smallest absolute Gasteiger partial charge is 0.324 e. The molecule has 1 atom stereocenters. The highest BCUT2D eigenvalue weighted by Gasteiger charge is 2.45. The summed E-state index contributed by atoms with van der Waals surface area (Å²) in [6.07, 6.45) is -1.80. The summed E-state index contributed by atoms with van der Waals surface area (Å²) in [6, 6.07) is 7.06. The number of hydrogen-bond donors (Lipinski definition) is 0. The first-order valence-electron chi connectivity index (χ1n) is 7.83. The number of benzene rings is 1. The minimum absolute atomic E-state index is 0.0322. The lowest BCUT2D eigenvalue weighted by atomic mass is 10.0. The van der Waals surface area contributed by atoms with Crippen LogP contribution in [0.3, 0.4) is 0 Å². The third-order valence-corrected chi connectivity index (χ3v) is 4.27. The highest BCUT2D eigenvalue weighted by molar-refractivity contribution is 5.92. The van der Waals surface area contributed by atoms with E-state index in [4.69, 9.17) is 0 Å². The van der Waals surface area contributed by atoms with Gasteiger partial charge < -0.3 is 4.90 Å². The number of rotatable bonds is 3. The monoisotopic (exact) mass is 337 g/mol. The van der Waals surface area contributed by atoms with Gasteiger partial charge in [0.05, 0.1) is 0 Å². The van der Waals surface area contributed by atoms with Gasteiger partial charge in [-0.1, -0.05) is 30.3 Å². The van der Waals surface area contributed by atoms with Crippen LogP contribution in [0, 0.1) is 0 Å². The Morgan fingerprint density at radius 1 is 1.25 bits per heavy atom. The van der Waals surface area contributed by atoms with Crippen molar-refractivity contribution in [2.24, 2.45) is 0 Å². The van der Waals surface area contributed by atoms with Crippen molar-refractivity contribution in [2.45, 2.75) is 38.0 Å². The molecule has 4 nitrogen and oxygen atoms in total. The molecule has 0 spiro atoms. The van der Waals surface area contributed by atoms with Crippen LogP contribution in [0.2, 0.25) is 0 Å². The van der Waals surface area contributed by atoms with Crippen molar-refractivity contribution in [3.63, 3.8) is 0 Å². The van der Waals surface area contributed by atoms with Crippen LogP contribution in [-0.2, 0) is 13.0 Å². The van der Waals surface area contributed by atoms with Gasteiger partial charge in [0.15, 0.2) is 11.7 Å². The summed E-state index contributed by atoms with van der Waals surface area (Å²) in [7, 11) is 1.17. The van der Waals surface area contributed by atoms with Crippen LogP contribution in [0.1, 0.15) is 40.6 Å². The molecule has 2 aromatic rings. The molecule has 2 heterocycles. The Bertz CT molecular complexity index is 701. The van der Waals surface area contributed by atoms with E-state index in [1.807, 2.05) is 0 Å². The Kier molecular flexibility index (Phi) is 4.34. The number of fused-ring (bicyclic) bond motifs is 1. The van der Waals surface area contributed by atoms with Gasteiger partial charge >= 0.3 is 6.18 Å². The van der Waals surface area contributed by atoms with E-state index in [0.29, 0.717) is 6.54 Å². The number of carbonyl (C=O) groups is 1. The second kappa shape index (κ2) is 6.30. The summed E-state index contributed by atoms with van der Waals surface area (Å²) >= 11 is 0.